The maximum Gasteiger partial charge on any atom is 0.302 e. The van der Waals surface area contributed by atoms with Crippen LogP contribution in [-0.2, 0) is 9.53 Å². The van der Waals surface area contributed by atoms with E-state index in [1.54, 1.807) is 0 Å². The van der Waals surface area contributed by atoms with Gasteiger partial charge in [0.15, 0.2) is 0 Å². The third-order valence-electron chi connectivity index (χ3n) is 4.47. The predicted octanol–water partition coefficient (Wildman–Crippen LogP) is 6.08. The first-order valence-electron chi connectivity index (χ1n) is 8.76. The minimum atomic E-state index is -0.251. The fourth-order valence-corrected chi connectivity index (χ4v) is 2.99. The van der Waals surface area contributed by atoms with Gasteiger partial charge in [0.25, 0.3) is 0 Å². The summed E-state index contributed by atoms with van der Waals surface area (Å²) in [6, 6.07) is 0. The maximum atomic E-state index is 10.7. The van der Waals surface area contributed by atoms with E-state index in [-0.39, 0.29) is 11.4 Å². The zero-order valence-electron chi connectivity index (χ0n) is 16.1. The summed E-state index contributed by atoms with van der Waals surface area (Å²) in [5, 5.41) is 0. The highest BCUT2D eigenvalue weighted by atomic mass is 16.5. The minimum Gasteiger partial charge on any atom is -0.462 e. The second kappa shape index (κ2) is 9.46. The first-order valence-corrected chi connectivity index (χ1v) is 8.76. The number of allylic oxidation sites excluding steroid dienone is 9. The third kappa shape index (κ3) is 7.16. The molecule has 0 aromatic carbocycles. The highest BCUT2D eigenvalue weighted by Gasteiger charge is 2.26. The molecule has 0 heterocycles. The van der Waals surface area contributed by atoms with Gasteiger partial charge in [-0.15, -0.1) is 0 Å². The average molecular weight is 328 g/mol. The molecule has 0 aliphatic heterocycles. The number of carbonyl (C=O) groups excluding carboxylic acids is 1. The molecule has 0 aromatic rings. The highest BCUT2D eigenvalue weighted by molar-refractivity contribution is 5.66. The van der Waals surface area contributed by atoms with E-state index in [1.165, 1.54) is 42.9 Å². The Morgan fingerprint density at radius 3 is 2.50 bits per heavy atom. The Labute approximate surface area is 147 Å². The number of rotatable bonds is 6. The van der Waals surface area contributed by atoms with Gasteiger partial charge in [0.05, 0.1) is 0 Å². The number of esters is 1. The summed E-state index contributed by atoms with van der Waals surface area (Å²) in [6.07, 6.45) is 16.3. The summed E-state index contributed by atoms with van der Waals surface area (Å²) in [5.74, 6) is -0.251. The molecule has 0 bridgehead atoms. The van der Waals surface area contributed by atoms with Crippen LogP contribution >= 0.6 is 0 Å². The standard InChI is InChI=1S/C22H32O2/c1-17(9-7-10-18(2)14-16-24-20(4)23)12-13-21-19(3)11-8-15-22(21,5)6/h7,9-10,12-14H,8,11,15-16H2,1-6H3/b10-7+,13-12-,17-9-,18-14-. The SMILES string of the molecule is CC(=O)OC\C=C(C)/C=C/C=C(C)\C=C/C1=C(C)CCCC1(C)C. The second-order valence-electron chi connectivity index (χ2n) is 7.29. The molecule has 0 unspecified atom stereocenters. The fourth-order valence-electron chi connectivity index (χ4n) is 2.99. The van der Waals surface area contributed by atoms with E-state index in [2.05, 4.69) is 45.9 Å². The van der Waals surface area contributed by atoms with Gasteiger partial charge in [-0.3, -0.25) is 4.79 Å². The van der Waals surface area contributed by atoms with E-state index in [0.29, 0.717) is 6.61 Å². The van der Waals surface area contributed by atoms with Crippen molar-refractivity contribution in [2.75, 3.05) is 6.61 Å². The third-order valence-corrected chi connectivity index (χ3v) is 4.47. The van der Waals surface area contributed by atoms with Crippen LogP contribution in [0.4, 0.5) is 0 Å². The van der Waals surface area contributed by atoms with Crippen LogP contribution in [0.3, 0.4) is 0 Å². The van der Waals surface area contributed by atoms with E-state index in [9.17, 15) is 4.79 Å². The molecule has 0 amide bonds. The monoisotopic (exact) mass is 328 g/mol. The van der Waals surface area contributed by atoms with Gasteiger partial charge >= 0.3 is 5.97 Å². The van der Waals surface area contributed by atoms with Crippen molar-refractivity contribution in [3.8, 4) is 0 Å². The topological polar surface area (TPSA) is 26.3 Å². The lowest BCUT2D eigenvalue weighted by Gasteiger charge is -2.32. The highest BCUT2D eigenvalue weighted by Crippen LogP contribution is 2.40. The Hall–Kier alpha value is -1.83. The lowest BCUT2D eigenvalue weighted by atomic mass is 9.72. The van der Waals surface area contributed by atoms with E-state index < -0.39 is 0 Å². The van der Waals surface area contributed by atoms with E-state index in [4.69, 9.17) is 4.74 Å². The molecule has 0 spiro atoms. The molecular formula is C22H32O2. The van der Waals surface area contributed by atoms with Gasteiger partial charge in [0.1, 0.15) is 6.61 Å². The van der Waals surface area contributed by atoms with Gasteiger partial charge in [-0.05, 0) is 57.1 Å². The molecule has 132 valence electrons. The second-order valence-corrected chi connectivity index (χ2v) is 7.29. The minimum absolute atomic E-state index is 0.251. The molecule has 0 saturated carbocycles. The number of hydrogen-bond donors (Lipinski definition) is 0. The first kappa shape index (κ1) is 20.2. The number of hydrogen-bond acceptors (Lipinski definition) is 2. The Kier molecular flexibility index (Phi) is 7.97. The molecule has 1 rings (SSSR count). The maximum absolute atomic E-state index is 10.7. The van der Waals surface area contributed by atoms with Gasteiger partial charge in [-0.1, -0.05) is 60.9 Å². The van der Waals surface area contributed by atoms with E-state index >= 15 is 0 Å². The van der Waals surface area contributed by atoms with Crippen molar-refractivity contribution in [3.63, 3.8) is 0 Å². The van der Waals surface area contributed by atoms with Gasteiger partial charge in [-0.2, -0.15) is 0 Å². The smallest absolute Gasteiger partial charge is 0.302 e. The largest absolute Gasteiger partial charge is 0.462 e. The van der Waals surface area contributed by atoms with Crippen LogP contribution in [0, 0.1) is 5.41 Å². The van der Waals surface area contributed by atoms with Crippen molar-refractivity contribution in [2.45, 2.75) is 60.8 Å². The summed E-state index contributed by atoms with van der Waals surface area (Å²) in [7, 11) is 0. The molecule has 0 atom stereocenters. The Balaban J connectivity index is 2.67. The Morgan fingerprint density at radius 1 is 1.17 bits per heavy atom. The molecule has 1 aliphatic rings. The van der Waals surface area contributed by atoms with Crippen LogP contribution in [0.1, 0.15) is 60.8 Å². The molecule has 24 heavy (non-hydrogen) atoms. The van der Waals surface area contributed by atoms with Crippen molar-refractivity contribution < 1.29 is 9.53 Å². The van der Waals surface area contributed by atoms with Crippen LogP contribution in [0.25, 0.3) is 0 Å². The summed E-state index contributed by atoms with van der Waals surface area (Å²) in [6.45, 7) is 12.8. The van der Waals surface area contributed by atoms with E-state index in [1.807, 2.05) is 25.2 Å². The van der Waals surface area contributed by atoms with Crippen LogP contribution in [-0.4, -0.2) is 12.6 Å². The van der Waals surface area contributed by atoms with E-state index in [0.717, 1.165) is 5.57 Å². The molecule has 0 radical (unpaired) electrons. The lowest BCUT2D eigenvalue weighted by Crippen LogP contribution is -2.19. The quantitative estimate of drug-likeness (QED) is 0.436. The molecule has 2 heteroatoms. The molecule has 0 N–H and O–H groups in total. The summed E-state index contributed by atoms with van der Waals surface area (Å²) < 4.78 is 4.89. The first-order chi connectivity index (χ1) is 11.2. The van der Waals surface area contributed by atoms with Crippen LogP contribution in [0.2, 0.25) is 0 Å². The Bertz CT molecular complexity index is 595. The summed E-state index contributed by atoms with van der Waals surface area (Å²) >= 11 is 0. The summed E-state index contributed by atoms with van der Waals surface area (Å²) in [4.78, 5) is 10.7. The fraction of sp³-hybridized carbons (Fsp3) is 0.500. The van der Waals surface area contributed by atoms with Crippen molar-refractivity contribution in [3.05, 3.63) is 58.7 Å². The van der Waals surface area contributed by atoms with Crippen molar-refractivity contribution in [2.24, 2.45) is 5.41 Å². The zero-order valence-corrected chi connectivity index (χ0v) is 16.1. The summed E-state index contributed by atoms with van der Waals surface area (Å²) in [5.41, 5.74) is 5.60. The Morgan fingerprint density at radius 2 is 1.88 bits per heavy atom. The van der Waals surface area contributed by atoms with Crippen LogP contribution < -0.4 is 0 Å². The van der Waals surface area contributed by atoms with Crippen molar-refractivity contribution in [1.29, 1.82) is 0 Å². The molecule has 0 saturated heterocycles. The van der Waals surface area contributed by atoms with Gasteiger partial charge in [0, 0.05) is 6.92 Å². The number of ether oxygens (including phenoxy) is 1. The van der Waals surface area contributed by atoms with Crippen molar-refractivity contribution in [1.82, 2.24) is 0 Å². The van der Waals surface area contributed by atoms with Crippen molar-refractivity contribution >= 4 is 5.97 Å². The molecule has 0 aromatic heterocycles. The van der Waals surface area contributed by atoms with Crippen LogP contribution in [0.5, 0.6) is 0 Å². The van der Waals surface area contributed by atoms with Gasteiger partial charge in [0.2, 0.25) is 0 Å². The number of carbonyl (C=O) groups is 1. The molecule has 0 fully saturated rings. The normalized spacial score (nSPS) is 19.4. The average Bonchev–Trinajstić information content (AvgIpc) is 2.45. The predicted molar refractivity (Wildman–Crippen MR) is 103 cm³/mol. The van der Waals surface area contributed by atoms with Gasteiger partial charge < -0.3 is 4.74 Å². The van der Waals surface area contributed by atoms with Crippen LogP contribution in [0.15, 0.2) is 58.7 Å². The lowest BCUT2D eigenvalue weighted by molar-refractivity contribution is -0.139. The zero-order chi connectivity index (χ0) is 18.2. The molecule has 1 aliphatic carbocycles. The molecule has 2 nitrogen and oxygen atoms in total. The van der Waals surface area contributed by atoms with Gasteiger partial charge in [-0.25, -0.2) is 0 Å². The molecular weight excluding hydrogens is 296 g/mol.